The molecule has 0 saturated carbocycles. The molecule has 0 heterocycles. The summed E-state index contributed by atoms with van der Waals surface area (Å²) < 4.78 is 12.1. The van der Waals surface area contributed by atoms with Crippen molar-refractivity contribution in [3.63, 3.8) is 0 Å². The number of esters is 1. The Morgan fingerprint density at radius 1 is 1.27 bits per heavy atom. The summed E-state index contributed by atoms with van der Waals surface area (Å²) in [5, 5.41) is 18.8. The molecular formula is C15H32O5Si2. The smallest absolute Gasteiger partial charge is 0.333 e. The van der Waals surface area contributed by atoms with Gasteiger partial charge in [-0.3, -0.25) is 0 Å². The number of rotatable bonds is 9. The standard InChI is InChI=1S/C15H32O5Si2/c1-9-10-15(13(17)11-16,19-14(18)12(2)3)22(7,8)20-21(4,5)6/h13,16-17H,2,9-11H2,1,3-8H3. The van der Waals surface area contributed by atoms with Crippen molar-refractivity contribution in [1.82, 2.24) is 0 Å². The fraction of sp³-hybridized carbons (Fsp3) is 0.800. The number of hydrogen-bond donors (Lipinski definition) is 2. The average Bonchev–Trinajstić information content (AvgIpc) is 2.33. The van der Waals surface area contributed by atoms with Crippen LogP contribution in [0.15, 0.2) is 12.2 Å². The van der Waals surface area contributed by atoms with Gasteiger partial charge in [0.2, 0.25) is 8.32 Å². The SMILES string of the molecule is C=C(C)C(=O)OC(CCC)(C(O)CO)[Si](C)(C)O[Si](C)(C)C. The van der Waals surface area contributed by atoms with Gasteiger partial charge in [-0.1, -0.05) is 19.9 Å². The van der Waals surface area contributed by atoms with Gasteiger partial charge in [0, 0.05) is 5.57 Å². The Labute approximate surface area is 136 Å². The van der Waals surface area contributed by atoms with Crippen molar-refractivity contribution in [2.75, 3.05) is 6.61 Å². The normalized spacial score (nSPS) is 16.8. The molecular weight excluding hydrogens is 316 g/mol. The summed E-state index contributed by atoms with van der Waals surface area (Å²) in [5.41, 5.74) is 0.267. The molecule has 0 aromatic carbocycles. The van der Waals surface area contributed by atoms with Crippen LogP contribution in [-0.4, -0.2) is 50.8 Å². The van der Waals surface area contributed by atoms with E-state index >= 15 is 0 Å². The van der Waals surface area contributed by atoms with Crippen molar-refractivity contribution < 1.29 is 23.9 Å². The molecule has 0 spiro atoms. The van der Waals surface area contributed by atoms with Crippen LogP contribution in [0.3, 0.4) is 0 Å². The lowest BCUT2D eigenvalue weighted by Crippen LogP contribution is -2.68. The minimum atomic E-state index is -2.66. The molecule has 2 N–H and O–H groups in total. The Hall–Kier alpha value is -0.476. The first-order chi connectivity index (χ1) is 9.83. The van der Waals surface area contributed by atoms with Gasteiger partial charge in [-0.25, -0.2) is 4.79 Å². The Morgan fingerprint density at radius 3 is 2.09 bits per heavy atom. The summed E-state index contributed by atoms with van der Waals surface area (Å²) >= 11 is 0. The molecule has 5 nitrogen and oxygen atoms in total. The van der Waals surface area contributed by atoms with E-state index in [2.05, 4.69) is 26.2 Å². The first kappa shape index (κ1) is 21.5. The third kappa shape index (κ3) is 5.31. The lowest BCUT2D eigenvalue weighted by atomic mass is 10.1. The molecule has 0 saturated heterocycles. The van der Waals surface area contributed by atoms with Crippen molar-refractivity contribution in [3.05, 3.63) is 12.2 Å². The molecule has 0 radical (unpaired) electrons. The number of carbonyl (C=O) groups is 1. The summed E-state index contributed by atoms with van der Waals surface area (Å²) in [6.07, 6.45) is -0.0301. The fourth-order valence-electron chi connectivity index (χ4n) is 2.73. The maximum Gasteiger partial charge on any atom is 0.333 e. The molecule has 130 valence electrons. The van der Waals surface area contributed by atoms with Crippen LogP contribution in [-0.2, 0) is 13.6 Å². The highest BCUT2D eigenvalue weighted by Gasteiger charge is 2.57. The van der Waals surface area contributed by atoms with E-state index in [1.165, 1.54) is 0 Å². The van der Waals surface area contributed by atoms with Gasteiger partial charge in [0.1, 0.15) is 6.10 Å². The summed E-state index contributed by atoms with van der Waals surface area (Å²) in [5.74, 6) is -0.555. The minimum absolute atomic E-state index is 0.267. The van der Waals surface area contributed by atoms with Crippen molar-refractivity contribution in [2.24, 2.45) is 0 Å². The van der Waals surface area contributed by atoms with E-state index in [0.717, 1.165) is 0 Å². The van der Waals surface area contributed by atoms with Crippen LogP contribution < -0.4 is 0 Å². The second-order valence-corrected chi connectivity index (χ2v) is 16.1. The molecule has 0 aromatic rings. The van der Waals surface area contributed by atoms with Gasteiger partial charge in [0.25, 0.3) is 0 Å². The van der Waals surface area contributed by atoms with Crippen LogP contribution in [0.2, 0.25) is 32.7 Å². The van der Waals surface area contributed by atoms with Crippen LogP contribution in [0.1, 0.15) is 26.7 Å². The van der Waals surface area contributed by atoms with E-state index in [9.17, 15) is 15.0 Å². The van der Waals surface area contributed by atoms with Crippen LogP contribution in [0, 0.1) is 0 Å². The second kappa shape index (κ2) is 7.87. The lowest BCUT2D eigenvalue weighted by molar-refractivity contribution is -0.161. The topological polar surface area (TPSA) is 76.0 Å². The number of carbonyl (C=O) groups excluding carboxylic acids is 1. The molecule has 2 unspecified atom stereocenters. The first-order valence-corrected chi connectivity index (χ1v) is 14.0. The van der Waals surface area contributed by atoms with Gasteiger partial charge in [0.15, 0.2) is 13.5 Å². The second-order valence-electron chi connectivity index (χ2n) is 7.23. The van der Waals surface area contributed by atoms with Crippen molar-refractivity contribution in [1.29, 1.82) is 0 Å². The monoisotopic (exact) mass is 348 g/mol. The molecule has 2 atom stereocenters. The number of ether oxygens (including phenoxy) is 1. The van der Waals surface area contributed by atoms with Crippen molar-refractivity contribution in [3.8, 4) is 0 Å². The van der Waals surface area contributed by atoms with Crippen LogP contribution >= 0.6 is 0 Å². The zero-order valence-corrected chi connectivity index (χ0v) is 17.0. The Morgan fingerprint density at radius 2 is 1.77 bits per heavy atom. The number of aliphatic hydroxyl groups excluding tert-OH is 2. The molecule has 0 aliphatic carbocycles. The highest BCUT2D eigenvalue weighted by atomic mass is 28.4. The highest BCUT2D eigenvalue weighted by Crippen LogP contribution is 2.37. The van der Waals surface area contributed by atoms with Crippen molar-refractivity contribution in [2.45, 2.75) is 70.8 Å². The highest BCUT2D eigenvalue weighted by molar-refractivity contribution is 6.86. The quantitative estimate of drug-likeness (QED) is 0.380. The Kier molecular flexibility index (Phi) is 7.70. The third-order valence-electron chi connectivity index (χ3n) is 3.54. The molecule has 0 rings (SSSR count). The molecule has 0 amide bonds. The van der Waals surface area contributed by atoms with E-state index in [1.807, 2.05) is 20.0 Å². The Bertz CT molecular complexity index is 403. The fourth-order valence-corrected chi connectivity index (χ4v) is 11.6. The van der Waals surface area contributed by atoms with E-state index in [4.69, 9.17) is 8.85 Å². The van der Waals surface area contributed by atoms with Crippen molar-refractivity contribution >= 4 is 22.6 Å². The summed E-state index contributed by atoms with van der Waals surface area (Å²) in [6, 6.07) is 0. The van der Waals surface area contributed by atoms with E-state index in [0.29, 0.717) is 12.8 Å². The zero-order chi connectivity index (χ0) is 17.8. The Balaban J connectivity index is 5.91. The minimum Gasteiger partial charge on any atom is -0.454 e. The van der Waals surface area contributed by atoms with Gasteiger partial charge < -0.3 is 19.1 Å². The van der Waals surface area contributed by atoms with E-state index in [1.54, 1.807) is 6.92 Å². The van der Waals surface area contributed by atoms with Gasteiger partial charge in [-0.05, 0) is 46.1 Å². The maximum atomic E-state index is 12.1. The number of hydrogen-bond acceptors (Lipinski definition) is 5. The predicted molar refractivity (Wildman–Crippen MR) is 93.6 cm³/mol. The molecule has 22 heavy (non-hydrogen) atoms. The van der Waals surface area contributed by atoms with Gasteiger partial charge >= 0.3 is 5.97 Å². The molecule has 0 aromatic heterocycles. The first-order valence-electron chi connectivity index (χ1n) is 7.71. The van der Waals surface area contributed by atoms with Crippen LogP contribution in [0.4, 0.5) is 0 Å². The molecule has 7 heteroatoms. The molecule has 0 aliphatic rings. The van der Waals surface area contributed by atoms with E-state index < -0.39 is 40.5 Å². The lowest BCUT2D eigenvalue weighted by Gasteiger charge is -2.48. The number of aliphatic hydroxyl groups is 2. The predicted octanol–water partition coefficient (Wildman–Crippen LogP) is 2.59. The summed E-state index contributed by atoms with van der Waals surface area (Å²) in [7, 11) is -4.58. The van der Waals surface area contributed by atoms with E-state index in [-0.39, 0.29) is 5.57 Å². The largest absolute Gasteiger partial charge is 0.454 e. The van der Waals surface area contributed by atoms with Gasteiger partial charge in [-0.2, -0.15) is 0 Å². The zero-order valence-electron chi connectivity index (χ0n) is 15.0. The average molecular weight is 349 g/mol. The molecule has 0 bridgehead atoms. The summed E-state index contributed by atoms with van der Waals surface area (Å²) in [4.78, 5) is 12.1. The molecule has 0 fully saturated rings. The van der Waals surface area contributed by atoms with Crippen LogP contribution in [0.5, 0.6) is 0 Å². The molecule has 0 aliphatic heterocycles. The van der Waals surface area contributed by atoms with Gasteiger partial charge in [-0.15, -0.1) is 0 Å². The third-order valence-corrected chi connectivity index (χ3v) is 10.8. The van der Waals surface area contributed by atoms with Crippen LogP contribution in [0.25, 0.3) is 0 Å². The van der Waals surface area contributed by atoms with Gasteiger partial charge in [0.05, 0.1) is 6.61 Å². The summed E-state index contributed by atoms with van der Waals surface area (Å²) in [6.45, 7) is 16.7. The maximum absolute atomic E-state index is 12.1.